The van der Waals surface area contributed by atoms with Gasteiger partial charge in [-0.15, -0.1) is 0 Å². The lowest BCUT2D eigenvalue weighted by molar-refractivity contribution is -0.139. The molecule has 1 aliphatic carbocycles. The summed E-state index contributed by atoms with van der Waals surface area (Å²) in [6.07, 6.45) is 5.06. The van der Waals surface area contributed by atoms with Gasteiger partial charge in [-0.1, -0.05) is 48.7 Å². The van der Waals surface area contributed by atoms with Gasteiger partial charge in [0, 0.05) is 17.6 Å². The van der Waals surface area contributed by atoms with Crippen LogP contribution in [-0.4, -0.2) is 50.0 Å². The normalized spacial score (nSPS) is 15.0. The predicted molar refractivity (Wildman–Crippen MR) is 140 cm³/mol. The van der Waals surface area contributed by atoms with Gasteiger partial charge in [0.25, 0.3) is 0 Å². The lowest BCUT2D eigenvalue weighted by Gasteiger charge is -2.32. The Kier molecular flexibility index (Phi) is 8.83. The summed E-state index contributed by atoms with van der Waals surface area (Å²) in [5.74, 6) is -0.739. The van der Waals surface area contributed by atoms with Crippen molar-refractivity contribution in [1.29, 1.82) is 0 Å². The Hall–Kier alpha value is -2.58. The molecule has 2 aromatic carbocycles. The van der Waals surface area contributed by atoms with Crippen molar-refractivity contribution in [3.8, 4) is 0 Å². The first-order valence-electron chi connectivity index (χ1n) is 11.9. The van der Waals surface area contributed by atoms with E-state index in [0.29, 0.717) is 16.3 Å². The number of carbonyl (C=O) groups is 2. The van der Waals surface area contributed by atoms with Gasteiger partial charge in [-0.25, -0.2) is 8.42 Å². The van der Waals surface area contributed by atoms with E-state index in [4.69, 9.17) is 11.6 Å². The molecular formula is C26H34ClN3O4S. The zero-order chi connectivity index (χ0) is 25.8. The highest BCUT2D eigenvalue weighted by Gasteiger charge is 2.31. The highest BCUT2D eigenvalue weighted by atomic mass is 35.5. The van der Waals surface area contributed by atoms with Gasteiger partial charge in [0.2, 0.25) is 21.8 Å². The molecule has 0 spiro atoms. The third-order valence-corrected chi connectivity index (χ3v) is 8.13. The molecule has 0 saturated heterocycles. The molecule has 1 N–H and O–H groups in total. The van der Waals surface area contributed by atoms with Crippen molar-refractivity contribution < 1.29 is 18.0 Å². The fraction of sp³-hybridized carbons (Fsp3) is 0.462. The highest BCUT2D eigenvalue weighted by Crippen LogP contribution is 2.24. The maximum atomic E-state index is 13.6. The largest absolute Gasteiger partial charge is 0.352 e. The maximum absolute atomic E-state index is 13.6. The van der Waals surface area contributed by atoms with Crippen LogP contribution in [0.25, 0.3) is 0 Å². The minimum Gasteiger partial charge on any atom is -0.352 e. The third kappa shape index (κ3) is 6.98. The van der Waals surface area contributed by atoms with Gasteiger partial charge >= 0.3 is 0 Å². The second-order valence-corrected chi connectivity index (χ2v) is 11.6. The predicted octanol–water partition coefficient (Wildman–Crippen LogP) is 4.20. The highest BCUT2D eigenvalue weighted by molar-refractivity contribution is 7.92. The van der Waals surface area contributed by atoms with E-state index in [2.05, 4.69) is 5.32 Å². The Labute approximate surface area is 213 Å². The summed E-state index contributed by atoms with van der Waals surface area (Å²) in [5, 5.41) is 3.52. The van der Waals surface area contributed by atoms with E-state index < -0.39 is 28.5 Å². The van der Waals surface area contributed by atoms with Crippen LogP contribution in [0, 0.1) is 13.8 Å². The number of halogens is 1. The molecule has 190 valence electrons. The fourth-order valence-electron chi connectivity index (χ4n) is 4.28. The van der Waals surface area contributed by atoms with Crippen molar-refractivity contribution in [3.05, 3.63) is 64.2 Å². The number of anilines is 1. The Morgan fingerprint density at radius 3 is 2.34 bits per heavy atom. The molecule has 1 aliphatic rings. The maximum Gasteiger partial charge on any atom is 0.244 e. The Morgan fingerprint density at radius 1 is 1.09 bits per heavy atom. The minimum atomic E-state index is -3.76. The van der Waals surface area contributed by atoms with Gasteiger partial charge in [-0.3, -0.25) is 13.9 Å². The first-order chi connectivity index (χ1) is 16.5. The number of nitrogens with one attached hydrogen (secondary N) is 1. The lowest BCUT2D eigenvalue weighted by Crippen LogP contribution is -2.52. The third-order valence-electron chi connectivity index (χ3n) is 6.63. The van der Waals surface area contributed by atoms with Crippen LogP contribution in [0.5, 0.6) is 0 Å². The first-order valence-corrected chi connectivity index (χ1v) is 14.1. The van der Waals surface area contributed by atoms with Crippen LogP contribution in [0.1, 0.15) is 49.3 Å². The van der Waals surface area contributed by atoms with Crippen LogP contribution in [0.4, 0.5) is 5.69 Å². The second-order valence-electron chi connectivity index (χ2n) is 9.32. The number of carbonyl (C=O) groups excluding carboxylic acids is 2. The number of hydrogen-bond donors (Lipinski definition) is 1. The molecular weight excluding hydrogens is 486 g/mol. The van der Waals surface area contributed by atoms with Gasteiger partial charge in [-0.05, 0) is 68.5 Å². The molecule has 1 saturated carbocycles. The van der Waals surface area contributed by atoms with Crippen molar-refractivity contribution in [2.45, 2.75) is 65.1 Å². The van der Waals surface area contributed by atoms with Crippen molar-refractivity contribution >= 4 is 39.1 Å². The van der Waals surface area contributed by atoms with Gasteiger partial charge in [-0.2, -0.15) is 0 Å². The number of nitrogens with zero attached hydrogens (tertiary/aromatic N) is 2. The van der Waals surface area contributed by atoms with E-state index in [1.165, 1.54) is 4.90 Å². The fourth-order valence-corrected chi connectivity index (χ4v) is 5.32. The van der Waals surface area contributed by atoms with Gasteiger partial charge in [0.1, 0.15) is 12.6 Å². The molecule has 0 radical (unpaired) electrons. The van der Waals surface area contributed by atoms with Gasteiger partial charge < -0.3 is 10.2 Å². The molecule has 1 atom stereocenters. The molecule has 7 nitrogen and oxygen atoms in total. The molecule has 9 heteroatoms. The molecule has 3 rings (SSSR count). The van der Waals surface area contributed by atoms with E-state index >= 15 is 0 Å². The van der Waals surface area contributed by atoms with E-state index in [1.54, 1.807) is 37.3 Å². The average Bonchev–Trinajstić information content (AvgIpc) is 3.30. The lowest BCUT2D eigenvalue weighted by atomic mass is 10.1. The van der Waals surface area contributed by atoms with Crippen molar-refractivity contribution in [3.63, 3.8) is 0 Å². The zero-order valence-electron chi connectivity index (χ0n) is 20.8. The summed E-state index contributed by atoms with van der Waals surface area (Å²) in [7, 11) is -3.76. The summed E-state index contributed by atoms with van der Waals surface area (Å²) >= 11 is 6.36. The topological polar surface area (TPSA) is 86.8 Å². The zero-order valence-corrected chi connectivity index (χ0v) is 22.3. The van der Waals surface area contributed by atoms with E-state index in [-0.39, 0.29) is 18.5 Å². The first kappa shape index (κ1) is 27.0. The Balaban J connectivity index is 1.90. The summed E-state index contributed by atoms with van der Waals surface area (Å²) in [6, 6.07) is 11.7. The molecule has 2 aromatic rings. The standard InChI is InChI=1S/C26H34ClN3O4S/c1-18-13-14-23(15-19(18)2)30(35(4,33)34)17-25(31)29(16-21-9-5-8-12-24(21)27)20(3)26(32)28-22-10-6-7-11-22/h5,8-9,12-15,20,22H,6-7,10-11,16-17H2,1-4H3,(H,28,32)/t20-/m0/s1. The van der Waals surface area contributed by atoms with Crippen molar-refractivity contribution in [2.75, 3.05) is 17.1 Å². The SMILES string of the molecule is Cc1ccc(N(CC(=O)N(Cc2ccccc2Cl)[C@@H](C)C(=O)NC2CCCC2)S(C)(=O)=O)cc1C. The smallest absolute Gasteiger partial charge is 0.244 e. The average molecular weight is 520 g/mol. The number of amides is 2. The quantitative estimate of drug-likeness (QED) is 0.538. The Morgan fingerprint density at radius 2 is 1.74 bits per heavy atom. The number of sulfonamides is 1. The van der Waals surface area contributed by atoms with E-state index in [0.717, 1.165) is 47.4 Å². The van der Waals surface area contributed by atoms with E-state index in [9.17, 15) is 18.0 Å². The van der Waals surface area contributed by atoms with Crippen LogP contribution < -0.4 is 9.62 Å². The number of aryl methyl sites for hydroxylation is 2. The van der Waals surface area contributed by atoms with Crippen LogP contribution in [0.2, 0.25) is 5.02 Å². The second kappa shape index (κ2) is 11.4. The van der Waals surface area contributed by atoms with Crippen molar-refractivity contribution in [2.24, 2.45) is 0 Å². The molecule has 0 unspecified atom stereocenters. The van der Waals surface area contributed by atoms with Crippen LogP contribution in [-0.2, 0) is 26.2 Å². The minimum absolute atomic E-state index is 0.0856. The molecule has 0 aliphatic heterocycles. The number of hydrogen-bond acceptors (Lipinski definition) is 4. The summed E-state index contributed by atoms with van der Waals surface area (Å²) in [4.78, 5) is 28.1. The van der Waals surface area contributed by atoms with Crippen LogP contribution in [0.15, 0.2) is 42.5 Å². The van der Waals surface area contributed by atoms with E-state index in [1.807, 2.05) is 26.0 Å². The summed E-state index contributed by atoms with van der Waals surface area (Å²) in [5.41, 5.74) is 3.02. The number of rotatable bonds is 9. The van der Waals surface area contributed by atoms with Crippen molar-refractivity contribution in [1.82, 2.24) is 10.2 Å². The Bertz CT molecular complexity index is 1180. The molecule has 0 heterocycles. The number of benzene rings is 2. The summed E-state index contributed by atoms with van der Waals surface area (Å²) in [6.45, 7) is 5.15. The molecule has 2 amide bonds. The molecule has 1 fully saturated rings. The van der Waals surface area contributed by atoms with Crippen LogP contribution >= 0.6 is 11.6 Å². The van der Waals surface area contributed by atoms with Crippen LogP contribution in [0.3, 0.4) is 0 Å². The molecule has 0 aromatic heterocycles. The monoisotopic (exact) mass is 519 g/mol. The molecule has 0 bridgehead atoms. The summed E-state index contributed by atoms with van der Waals surface area (Å²) < 4.78 is 26.5. The molecule has 35 heavy (non-hydrogen) atoms. The van der Waals surface area contributed by atoms with Gasteiger partial charge in [0.15, 0.2) is 0 Å². The van der Waals surface area contributed by atoms with Gasteiger partial charge in [0.05, 0.1) is 11.9 Å².